The van der Waals surface area contributed by atoms with Crippen LogP contribution in [0.2, 0.25) is 0 Å². The molecule has 0 bridgehead atoms. The Hall–Kier alpha value is -2.33. The van der Waals surface area contributed by atoms with E-state index < -0.39 is 0 Å². The van der Waals surface area contributed by atoms with Crippen LogP contribution in [0.25, 0.3) is 0 Å². The lowest BCUT2D eigenvalue weighted by molar-refractivity contribution is -0.147. The monoisotopic (exact) mass is 311 g/mol. The van der Waals surface area contributed by atoms with E-state index in [0.717, 1.165) is 5.56 Å². The molecule has 2 unspecified atom stereocenters. The standard InChI is InChI=1S/C19H21NO3/c1-15-19(16-8-4-2-5-9-16)22-13-12-20(15)18(21)14-23-17-10-6-3-7-11-17/h2-11,15,19H,12-14H2,1H3. The highest BCUT2D eigenvalue weighted by atomic mass is 16.5. The van der Waals surface area contributed by atoms with Crippen molar-refractivity contribution in [1.82, 2.24) is 4.90 Å². The number of amides is 1. The Morgan fingerprint density at radius 2 is 1.78 bits per heavy atom. The van der Waals surface area contributed by atoms with Crippen LogP contribution in [0.15, 0.2) is 60.7 Å². The minimum Gasteiger partial charge on any atom is -0.484 e. The minimum atomic E-state index is -0.0920. The molecule has 23 heavy (non-hydrogen) atoms. The molecule has 1 amide bonds. The highest BCUT2D eigenvalue weighted by molar-refractivity contribution is 5.78. The second kappa shape index (κ2) is 7.29. The summed E-state index contributed by atoms with van der Waals surface area (Å²) in [7, 11) is 0. The van der Waals surface area contributed by atoms with Crippen LogP contribution in [0.5, 0.6) is 5.75 Å². The molecule has 120 valence electrons. The quantitative estimate of drug-likeness (QED) is 0.871. The predicted octanol–water partition coefficient (Wildman–Crippen LogP) is 3.05. The normalized spacial score (nSPS) is 21.0. The summed E-state index contributed by atoms with van der Waals surface area (Å²) in [6.07, 6.45) is -0.0920. The second-order valence-electron chi connectivity index (χ2n) is 5.63. The Morgan fingerprint density at radius 3 is 2.48 bits per heavy atom. The molecular weight excluding hydrogens is 290 g/mol. The number of morpholine rings is 1. The Balaban J connectivity index is 1.63. The third-order valence-electron chi connectivity index (χ3n) is 4.11. The van der Waals surface area contributed by atoms with E-state index in [2.05, 4.69) is 0 Å². The summed E-state index contributed by atoms with van der Waals surface area (Å²) in [5.41, 5.74) is 1.10. The first kappa shape index (κ1) is 15.6. The molecule has 0 spiro atoms. The van der Waals surface area contributed by atoms with E-state index in [9.17, 15) is 4.79 Å². The third kappa shape index (κ3) is 3.71. The Labute approximate surface area is 136 Å². The Kier molecular flexibility index (Phi) is 4.93. The number of carbonyl (C=O) groups is 1. The molecule has 1 heterocycles. The molecule has 1 aliphatic rings. The SMILES string of the molecule is CC1C(c2ccccc2)OCCN1C(=O)COc1ccccc1. The van der Waals surface area contributed by atoms with Gasteiger partial charge >= 0.3 is 0 Å². The van der Waals surface area contributed by atoms with E-state index in [1.54, 1.807) is 0 Å². The number of benzene rings is 2. The van der Waals surface area contributed by atoms with E-state index in [4.69, 9.17) is 9.47 Å². The zero-order valence-electron chi connectivity index (χ0n) is 13.2. The van der Waals surface area contributed by atoms with Gasteiger partial charge in [0, 0.05) is 6.54 Å². The number of hydrogen-bond acceptors (Lipinski definition) is 3. The number of nitrogens with zero attached hydrogens (tertiary/aromatic N) is 1. The van der Waals surface area contributed by atoms with Gasteiger partial charge in [0.25, 0.3) is 5.91 Å². The van der Waals surface area contributed by atoms with E-state index in [1.165, 1.54) is 0 Å². The summed E-state index contributed by atoms with van der Waals surface area (Å²) in [6.45, 7) is 3.22. The van der Waals surface area contributed by atoms with Gasteiger partial charge in [-0.05, 0) is 24.6 Å². The first-order valence-corrected chi connectivity index (χ1v) is 7.89. The van der Waals surface area contributed by atoms with Crippen LogP contribution >= 0.6 is 0 Å². The van der Waals surface area contributed by atoms with Gasteiger partial charge in [-0.25, -0.2) is 0 Å². The summed E-state index contributed by atoms with van der Waals surface area (Å²) in [6, 6.07) is 19.4. The second-order valence-corrected chi connectivity index (χ2v) is 5.63. The van der Waals surface area contributed by atoms with E-state index in [1.807, 2.05) is 72.5 Å². The van der Waals surface area contributed by atoms with Crippen molar-refractivity contribution < 1.29 is 14.3 Å². The Bertz CT molecular complexity index is 630. The molecule has 0 aliphatic carbocycles. The van der Waals surface area contributed by atoms with Gasteiger partial charge in [-0.1, -0.05) is 48.5 Å². The molecule has 2 atom stereocenters. The zero-order chi connectivity index (χ0) is 16.1. The molecule has 0 N–H and O–H groups in total. The average Bonchev–Trinajstić information content (AvgIpc) is 2.61. The molecule has 1 aliphatic heterocycles. The van der Waals surface area contributed by atoms with Gasteiger partial charge in [0.1, 0.15) is 11.9 Å². The fraction of sp³-hybridized carbons (Fsp3) is 0.316. The molecule has 2 aromatic rings. The summed E-state index contributed by atoms with van der Waals surface area (Å²) in [4.78, 5) is 14.4. The summed E-state index contributed by atoms with van der Waals surface area (Å²) in [5, 5.41) is 0. The minimum absolute atomic E-state index is 0.00872. The van der Waals surface area contributed by atoms with Gasteiger partial charge in [0.2, 0.25) is 0 Å². The fourth-order valence-corrected chi connectivity index (χ4v) is 2.90. The van der Waals surface area contributed by atoms with Crippen LogP contribution in [0, 0.1) is 0 Å². The van der Waals surface area contributed by atoms with Crippen molar-refractivity contribution in [3.63, 3.8) is 0 Å². The van der Waals surface area contributed by atoms with E-state index >= 15 is 0 Å². The van der Waals surface area contributed by atoms with Crippen molar-refractivity contribution in [1.29, 1.82) is 0 Å². The summed E-state index contributed by atoms with van der Waals surface area (Å²) >= 11 is 0. The lowest BCUT2D eigenvalue weighted by atomic mass is 10.0. The van der Waals surface area contributed by atoms with Gasteiger partial charge in [0.15, 0.2) is 6.61 Å². The van der Waals surface area contributed by atoms with Crippen molar-refractivity contribution in [2.45, 2.75) is 19.1 Å². The zero-order valence-corrected chi connectivity index (χ0v) is 13.2. The summed E-state index contributed by atoms with van der Waals surface area (Å²) < 4.78 is 11.5. The molecule has 0 saturated carbocycles. The average molecular weight is 311 g/mol. The lowest BCUT2D eigenvalue weighted by Crippen LogP contribution is -2.50. The highest BCUT2D eigenvalue weighted by Gasteiger charge is 2.32. The lowest BCUT2D eigenvalue weighted by Gasteiger charge is -2.39. The van der Waals surface area contributed by atoms with Crippen LogP contribution in [-0.4, -0.2) is 36.6 Å². The van der Waals surface area contributed by atoms with Gasteiger partial charge in [-0.15, -0.1) is 0 Å². The van der Waals surface area contributed by atoms with Gasteiger partial charge in [0.05, 0.1) is 12.6 Å². The van der Waals surface area contributed by atoms with Crippen LogP contribution in [0.3, 0.4) is 0 Å². The van der Waals surface area contributed by atoms with Crippen molar-refractivity contribution >= 4 is 5.91 Å². The number of para-hydroxylation sites is 1. The maximum absolute atomic E-state index is 12.5. The molecule has 1 saturated heterocycles. The molecule has 2 aromatic carbocycles. The molecule has 0 aromatic heterocycles. The van der Waals surface area contributed by atoms with Gasteiger partial charge in [-0.2, -0.15) is 0 Å². The first-order chi connectivity index (χ1) is 11.3. The van der Waals surface area contributed by atoms with E-state index in [-0.39, 0.29) is 24.7 Å². The van der Waals surface area contributed by atoms with Crippen LogP contribution < -0.4 is 4.74 Å². The Morgan fingerprint density at radius 1 is 1.13 bits per heavy atom. The maximum Gasteiger partial charge on any atom is 0.260 e. The number of ether oxygens (including phenoxy) is 2. The predicted molar refractivity (Wildman–Crippen MR) is 88.2 cm³/mol. The van der Waals surface area contributed by atoms with Gasteiger partial charge in [-0.3, -0.25) is 4.79 Å². The number of hydrogen-bond donors (Lipinski definition) is 0. The molecule has 1 fully saturated rings. The third-order valence-corrected chi connectivity index (χ3v) is 4.11. The highest BCUT2D eigenvalue weighted by Crippen LogP contribution is 2.28. The summed E-state index contributed by atoms with van der Waals surface area (Å²) in [5.74, 6) is 0.701. The molecule has 4 heteroatoms. The molecular formula is C19H21NO3. The topological polar surface area (TPSA) is 38.8 Å². The number of rotatable bonds is 4. The smallest absolute Gasteiger partial charge is 0.260 e. The molecule has 3 rings (SSSR count). The van der Waals surface area contributed by atoms with Crippen LogP contribution in [0.4, 0.5) is 0 Å². The fourth-order valence-electron chi connectivity index (χ4n) is 2.90. The molecule has 0 radical (unpaired) electrons. The van der Waals surface area contributed by atoms with Crippen molar-refractivity contribution in [2.75, 3.05) is 19.8 Å². The largest absolute Gasteiger partial charge is 0.484 e. The van der Waals surface area contributed by atoms with Crippen LogP contribution in [-0.2, 0) is 9.53 Å². The van der Waals surface area contributed by atoms with Gasteiger partial charge < -0.3 is 14.4 Å². The number of carbonyl (C=O) groups excluding carboxylic acids is 1. The van der Waals surface area contributed by atoms with E-state index in [0.29, 0.717) is 18.9 Å². The van der Waals surface area contributed by atoms with Crippen molar-refractivity contribution in [2.24, 2.45) is 0 Å². The van der Waals surface area contributed by atoms with Crippen molar-refractivity contribution in [3.05, 3.63) is 66.2 Å². The maximum atomic E-state index is 12.5. The van der Waals surface area contributed by atoms with Crippen LogP contribution in [0.1, 0.15) is 18.6 Å². The first-order valence-electron chi connectivity index (χ1n) is 7.89. The molecule has 4 nitrogen and oxygen atoms in total. The van der Waals surface area contributed by atoms with Crippen molar-refractivity contribution in [3.8, 4) is 5.75 Å².